The average Bonchev–Trinajstić information content (AvgIpc) is 2.59. The molecule has 0 aromatic carbocycles. The van der Waals surface area contributed by atoms with Crippen LogP contribution >= 0.6 is 0 Å². The van der Waals surface area contributed by atoms with Crippen molar-refractivity contribution in [2.75, 3.05) is 43.4 Å². The second-order valence-corrected chi connectivity index (χ2v) is 7.13. The third-order valence-electron chi connectivity index (χ3n) is 4.12. The van der Waals surface area contributed by atoms with Gasteiger partial charge in [-0.25, -0.2) is 9.78 Å². The first-order chi connectivity index (χ1) is 11.9. The van der Waals surface area contributed by atoms with E-state index in [-0.39, 0.29) is 6.09 Å². The number of rotatable bonds is 2. The second-order valence-electron chi connectivity index (χ2n) is 7.13. The SMILES string of the molecule is CNc1nccc2cc(N3CCN(C(=O)OC(C)(C)C)CC3)cnc12. The molecule has 1 aliphatic rings. The summed E-state index contributed by atoms with van der Waals surface area (Å²) in [7, 11) is 1.84. The maximum atomic E-state index is 12.2. The van der Waals surface area contributed by atoms with Gasteiger partial charge in [-0.3, -0.25) is 4.98 Å². The van der Waals surface area contributed by atoms with Crippen LogP contribution in [0.1, 0.15) is 20.8 Å². The Morgan fingerprint density at radius 1 is 1.20 bits per heavy atom. The highest BCUT2D eigenvalue weighted by Crippen LogP contribution is 2.24. The summed E-state index contributed by atoms with van der Waals surface area (Å²) < 4.78 is 5.44. The number of hydrogen-bond donors (Lipinski definition) is 1. The Labute approximate surface area is 148 Å². The topological polar surface area (TPSA) is 70.6 Å². The molecular formula is C18H25N5O2. The van der Waals surface area contributed by atoms with Crippen LogP contribution in [-0.2, 0) is 4.74 Å². The van der Waals surface area contributed by atoms with Crippen molar-refractivity contribution in [3.63, 3.8) is 0 Å². The molecule has 0 unspecified atom stereocenters. The van der Waals surface area contributed by atoms with Gasteiger partial charge in [-0.2, -0.15) is 0 Å². The highest BCUT2D eigenvalue weighted by molar-refractivity contribution is 5.89. The van der Waals surface area contributed by atoms with Gasteiger partial charge in [-0.1, -0.05) is 0 Å². The molecule has 3 rings (SSSR count). The van der Waals surface area contributed by atoms with E-state index in [4.69, 9.17) is 4.74 Å². The van der Waals surface area contributed by atoms with Gasteiger partial charge in [0, 0.05) is 44.8 Å². The highest BCUT2D eigenvalue weighted by atomic mass is 16.6. The molecule has 0 aliphatic carbocycles. The minimum Gasteiger partial charge on any atom is -0.444 e. The van der Waals surface area contributed by atoms with Gasteiger partial charge in [0.1, 0.15) is 11.1 Å². The van der Waals surface area contributed by atoms with Crippen molar-refractivity contribution in [3.8, 4) is 0 Å². The lowest BCUT2D eigenvalue weighted by atomic mass is 10.2. The second kappa shape index (κ2) is 6.74. The summed E-state index contributed by atoms with van der Waals surface area (Å²) in [5.74, 6) is 0.777. The molecule has 0 bridgehead atoms. The molecule has 2 aromatic heterocycles. The number of aromatic nitrogens is 2. The Balaban J connectivity index is 1.69. The van der Waals surface area contributed by atoms with Crippen LogP contribution in [-0.4, -0.2) is 59.8 Å². The predicted octanol–water partition coefficient (Wildman–Crippen LogP) is 2.73. The normalized spacial score (nSPS) is 15.4. The van der Waals surface area contributed by atoms with Crippen LogP contribution in [0.2, 0.25) is 0 Å². The molecule has 7 heteroatoms. The van der Waals surface area contributed by atoms with Crippen molar-refractivity contribution < 1.29 is 9.53 Å². The molecule has 25 heavy (non-hydrogen) atoms. The minimum absolute atomic E-state index is 0.242. The van der Waals surface area contributed by atoms with Crippen LogP contribution in [0.15, 0.2) is 24.5 Å². The van der Waals surface area contributed by atoms with Gasteiger partial charge in [-0.05, 0) is 32.9 Å². The molecule has 1 aliphatic heterocycles. The number of anilines is 2. The number of carbonyl (C=O) groups is 1. The third kappa shape index (κ3) is 3.92. The molecule has 1 saturated heterocycles. The molecular weight excluding hydrogens is 318 g/mol. The fourth-order valence-corrected chi connectivity index (χ4v) is 2.88. The fourth-order valence-electron chi connectivity index (χ4n) is 2.88. The largest absolute Gasteiger partial charge is 0.444 e. The van der Waals surface area contributed by atoms with Crippen molar-refractivity contribution in [1.82, 2.24) is 14.9 Å². The fraction of sp³-hybridized carbons (Fsp3) is 0.500. The zero-order valence-corrected chi connectivity index (χ0v) is 15.2. The predicted molar refractivity (Wildman–Crippen MR) is 99.1 cm³/mol. The summed E-state index contributed by atoms with van der Waals surface area (Å²) in [6.45, 7) is 8.46. The van der Waals surface area contributed by atoms with E-state index in [1.165, 1.54) is 0 Å². The van der Waals surface area contributed by atoms with E-state index in [0.717, 1.165) is 35.5 Å². The Bertz CT molecular complexity index is 764. The van der Waals surface area contributed by atoms with E-state index in [9.17, 15) is 4.79 Å². The van der Waals surface area contributed by atoms with Crippen molar-refractivity contribution in [1.29, 1.82) is 0 Å². The van der Waals surface area contributed by atoms with E-state index in [1.54, 1.807) is 11.1 Å². The standard InChI is InChI=1S/C18H25N5O2/c1-18(2,3)25-17(24)23-9-7-22(8-10-23)14-11-13-5-6-20-16(19-4)15(13)21-12-14/h5-6,11-12H,7-10H2,1-4H3,(H,19,20). The van der Waals surface area contributed by atoms with Gasteiger partial charge in [0.2, 0.25) is 0 Å². The summed E-state index contributed by atoms with van der Waals surface area (Å²) in [5, 5.41) is 4.11. The highest BCUT2D eigenvalue weighted by Gasteiger charge is 2.26. The minimum atomic E-state index is -0.463. The maximum absolute atomic E-state index is 12.2. The monoisotopic (exact) mass is 343 g/mol. The van der Waals surface area contributed by atoms with Crippen molar-refractivity contribution >= 4 is 28.5 Å². The van der Waals surface area contributed by atoms with Gasteiger partial charge in [-0.15, -0.1) is 0 Å². The molecule has 0 atom stereocenters. The summed E-state index contributed by atoms with van der Waals surface area (Å²) in [6, 6.07) is 4.08. The summed E-state index contributed by atoms with van der Waals surface area (Å²) in [5.41, 5.74) is 1.46. The summed E-state index contributed by atoms with van der Waals surface area (Å²) in [6.07, 6.45) is 3.40. The number of nitrogens with one attached hydrogen (secondary N) is 1. The summed E-state index contributed by atoms with van der Waals surface area (Å²) in [4.78, 5) is 25.0. The van der Waals surface area contributed by atoms with Crippen molar-refractivity contribution in [3.05, 3.63) is 24.5 Å². The number of pyridine rings is 2. The lowest BCUT2D eigenvalue weighted by Crippen LogP contribution is -2.50. The Morgan fingerprint density at radius 3 is 2.56 bits per heavy atom. The smallest absolute Gasteiger partial charge is 0.410 e. The zero-order valence-electron chi connectivity index (χ0n) is 15.2. The van der Waals surface area contributed by atoms with Crippen LogP contribution in [0.25, 0.3) is 10.9 Å². The Hall–Kier alpha value is -2.57. The number of hydrogen-bond acceptors (Lipinski definition) is 6. The lowest BCUT2D eigenvalue weighted by molar-refractivity contribution is 0.0240. The number of piperazine rings is 1. The van der Waals surface area contributed by atoms with E-state index >= 15 is 0 Å². The molecule has 2 aromatic rings. The first-order valence-corrected chi connectivity index (χ1v) is 8.53. The third-order valence-corrected chi connectivity index (χ3v) is 4.12. The molecule has 1 amide bonds. The van der Waals surface area contributed by atoms with Crippen LogP contribution < -0.4 is 10.2 Å². The van der Waals surface area contributed by atoms with Crippen LogP contribution in [0.4, 0.5) is 16.3 Å². The first kappa shape index (κ1) is 17.3. The molecule has 7 nitrogen and oxygen atoms in total. The molecule has 3 heterocycles. The first-order valence-electron chi connectivity index (χ1n) is 8.53. The number of carbonyl (C=O) groups excluding carboxylic acids is 1. The summed E-state index contributed by atoms with van der Waals surface area (Å²) >= 11 is 0. The lowest BCUT2D eigenvalue weighted by Gasteiger charge is -2.36. The average molecular weight is 343 g/mol. The quantitative estimate of drug-likeness (QED) is 0.904. The molecule has 0 spiro atoms. The maximum Gasteiger partial charge on any atom is 0.410 e. The zero-order chi connectivity index (χ0) is 18.0. The van der Waals surface area contributed by atoms with E-state index in [1.807, 2.05) is 40.1 Å². The van der Waals surface area contributed by atoms with Gasteiger partial charge >= 0.3 is 6.09 Å². The van der Waals surface area contributed by atoms with E-state index in [0.29, 0.717) is 13.1 Å². The van der Waals surface area contributed by atoms with Gasteiger partial charge in [0.15, 0.2) is 5.82 Å². The van der Waals surface area contributed by atoms with Crippen molar-refractivity contribution in [2.24, 2.45) is 0 Å². The van der Waals surface area contributed by atoms with E-state index in [2.05, 4.69) is 26.3 Å². The molecule has 0 radical (unpaired) electrons. The van der Waals surface area contributed by atoms with Crippen molar-refractivity contribution in [2.45, 2.75) is 26.4 Å². The van der Waals surface area contributed by atoms with Crippen LogP contribution in [0, 0.1) is 0 Å². The number of ether oxygens (including phenoxy) is 1. The van der Waals surface area contributed by atoms with Gasteiger partial charge in [0.25, 0.3) is 0 Å². The Kier molecular flexibility index (Phi) is 4.65. The van der Waals surface area contributed by atoms with Crippen LogP contribution in [0.5, 0.6) is 0 Å². The molecule has 1 N–H and O–H groups in total. The van der Waals surface area contributed by atoms with Crippen LogP contribution in [0.3, 0.4) is 0 Å². The molecule has 134 valence electrons. The number of nitrogens with zero attached hydrogens (tertiary/aromatic N) is 4. The van der Waals surface area contributed by atoms with E-state index < -0.39 is 5.60 Å². The number of amides is 1. The Morgan fingerprint density at radius 2 is 1.92 bits per heavy atom. The molecule has 0 saturated carbocycles. The van der Waals surface area contributed by atoms with Gasteiger partial charge in [0.05, 0.1) is 11.9 Å². The molecule has 1 fully saturated rings. The van der Waals surface area contributed by atoms with Gasteiger partial charge < -0.3 is 19.9 Å². The number of fused-ring (bicyclic) bond motifs is 1.